The molecule has 9 heteroatoms. The van der Waals surface area contributed by atoms with Gasteiger partial charge in [-0.05, 0) is 54.1 Å². The largest absolute Gasteiger partial charge is 0.507 e. The van der Waals surface area contributed by atoms with Gasteiger partial charge in [-0.3, -0.25) is 14.5 Å². The summed E-state index contributed by atoms with van der Waals surface area (Å²) in [6.07, 6.45) is 0. The summed E-state index contributed by atoms with van der Waals surface area (Å²) < 4.78 is 32.2. The van der Waals surface area contributed by atoms with Gasteiger partial charge in [0.05, 0.1) is 28.8 Å². The standard InChI is InChI=1S/C24H15Cl2F2NO4/c1-33-23-17(25)10-13(11-18(23)26)21(30)19-20(12-2-4-14(27)5-3-12)29(24(32)22(19)31)16-8-6-15(28)7-9-16/h2-11,20,30H,1H3/b21-19+. The molecule has 0 spiro atoms. The molecule has 0 aliphatic carbocycles. The lowest BCUT2D eigenvalue weighted by Crippen LogP contribution is -2.29. The molecular formula is C24H15Cl2F2NO4. The third-order valence-corrected chi connectivity index (χ3v) is 5.77. The third-order valence-electron chi connectivity index (χ3n) is 5.21. The monoisotopic (exact) mass is 489 g/mol. The average Bonchev–Trinajstić information content (AvgIpc) is 3.05. The Labute approximate surface area is 197 Å². The molecule has 1 atom stereocenters. The van der Waals surface area contributed by atoms with Crippen LogP contribution in [-0.4, -0.2) is 23.9 Å². The van der Waals surface area contributed by atoms with E-state index < -0.39 is 35.1 Å². The lowest BCUT2D eigenvalue weighted by Gasteiger charge is -2.25. The lowest BCUT2D eigenvalue weighted by molar-refractivity contribution is -0.132. The topological polar surface area (TPSA) is 66.8 Å². The van der Waals surface area contributed by atoms with Crippen LogP contribution < -0.4 is 9.64 Å². The van der Waals surface area contributed by atoms with Crippen molar-refractivity contribution in [1.29, 1.82) is 0 Å². The SMILES string of the molecule is COc1c(Cl)cc(/C(O)=C2\C(=O)C(=O)N(c3ccc(F)cc3)C2c2ccc(F)cc2)cc1Cl. The minimum atomic E-state index is -1.12. The predicted molar refractivity (Wildman–Crippen MR) is 121 cm³/mol. The quantitative estimate of drug-likeness (QED) is 0.281. The van der Waals surface area contributed by atoms with Crippen molar-refractivity contribution < 1.29 is 28.2 Å². The Morgan fingerprint density at radius 2 is 1.45 bits per heavy atom. The van der Waals surface area contributed by atoms with Crippen LogP contribution in [0.15, 0.2) is 66.2 Å². The van der Waals surface area contributed by atoms with Crippen molar-refractivity contribution in [3.8, 4) is 5.75 Å². The average molecular weight is 490 g/mol. The van der Waals surface area contributed by atoms with E-state index in [0.717, 1.165) is 17.0 Å². The summed E-state index contributed by atoms with van der Waals surface area (Å²) in [5.74, 6) is -3.32. The maximum absolute atomic E-state index is 13.6. The van der Waals surface area contributed by atoms with Gasteiger partial charge in [-0.2, -0.15) is 0 Å². The molecule has 0 aromatic heterocycles. The Kier molecular flexibility index (Phi) is 6.10. The van der Waals surface area contributed by atoms with Gasteiger partial charge in [0.1, 0.15) is 17.4 Å². The van der Waals surface area contributed by atoms with Gasteiger partial charge in [-0.25, -0.2) is 8.78 Å². The first-order valence-electron chi connectivity index (χ1n) is 9.58. The number of rotatable bonds is 4. The van der Waals surface area contributed by atoms with Crippen LogP contribution in [0, 0.1) is 11.6 Å². The number of methoxy groups -OCH3 is 1. The molecule has 1 N–H and O–H groups in total. The number of nitrogens with zero attached hydrogens (tertiary/aromatic N) is 1. The zero-order valence-corrected chi connectivity index (χ0v) is 18.5. The highest BCUT2D eigenvalue weighted by molar-refractivity contribution is 6.51. The van der Waals surface area contributed by atoms with E-state index in [1.807, 2.05) is 0 Å². The number of aliphatic hydroxyl groups is 1. The van der Waals surface area contributed by atoms with Gasteiger partial charge in [0.2, 0.25) is 0 Å². The summed E-state index contributed by atoms with van der Waals surface area (Å²) in [6.45, 7) is 0. The summed E-state index contributed by atoms with van der Waals surface area (Å²) in [6, 6.07) is 11.6. The number of aliphatic hydroxyl groups excluding tert-OH is 1. The maximum atomic E-state index is 13.6. The van der Waals surface area contributed by atoms with Gasteiger partial charge in [0.15, 0.2) is 5.75 Å². The summed E-state index contributed by atoms with van der Waals surface area (Å²) in [7, 11) is 1.37. The molecule has 33 heavy (non-hydrogen) atoms. The Bertz CT molecular complexity index is 1270. The minimum Gasteiger partial charge on any atom is -0.507 e. The molecule has 4 rings (SSSR count). The van der Waals surface area contributed by atoms with E-state index in [0.29, 0.717) is 5.56 Å². The fourth-order valence-corrected chi connectivity index (χ4v) is 4.35. The Morgan fingerprint density at radius 1 is 0.939 bits per heavy atom. The molecule has 1 amide bonds. The first-order valence-corrected chi connectivity index (χ1v) is 10.3. The number of ketones is 1. The van der Waals surface area contributed by atoms with Crippen molar-refractivity contribution in [3.05, 3.63) is 99.0 Å². The zero-order valence-electron chi connectivity index (χ0n) is 17.0. The fraction of sp³-hybridized carbons (Fsp3) is 0.0833. The summed E-state index contributed by atoms with van der Waals surface area (Å²) in [5, 5.41) is 11.3. The number of anilines is 1. The molecule has 0 bridgehead atoms. The highest BCUT2D eigenvalue weighted by atomic mass is 35.5. The van der Waals surface area contributed by atoms with Gasteiger partial charge in [0.25, 0.3) is 11.7 Å². The number of halogens is 4. The second-order valence-electron chi connectivity index (χ2n) is 7.17. The first-order chi connectivity index (χ1) is 15.7. The lowest BCUT2D eigenvalue weighted by atomic mass is 9.95. The molecule has 1 saturated heterocycles. The fourth-order valence-electron chi connectivity index (χ4n) is 3.71. The summed E-state index contributed by atoms with van der Waals surface area (Å²) in [4.78, 5) is 27.2. The van der Waals surface area contributed by atoms with Crippen LogP contribution in [0.4, 0.5) is 14.5 Å². The summed E-state index contributed by atoms with van der Waals surface area (Å²) >= 11 is 12.4. The minimum absolute atomic E-state index is 0.0787. The molecule has 5 nitrogen and oxygen atoms in total. The summed E-state index contributed by atoms with van der Waals surface area (Å²) in [5.41, 5.74) is 0.396. The van der Waals surface area contributed by atoms with Crippen LogP contribution >= 0.6 is 23.2 Å². The zero-order chi connectivity index (χ0) is 23.9. The van der Waals surface area contributed by atoms with Crippen LogP contribution in [0.25, 0.3) is 5.76 Å². The van der Waals surface area contributed by atoms with Crippen molar-refractivity contribution in [2.75, 3.05) is 12.0 Å². The number of carbonyl (C=O) groups is 2. The molecule has 0 saturated carbocycles. The number of Topliss-reactive ketones (excluding diaryl/α,β-unsaturated/α-hetero) is 1. The van der Waals surface area contributed by atoms with Crippen LogP contribution in [0.5, 0.6) is 5.75 Å². The smallest absolute Gasteiger partial charge is 0.300 e. The van der Waals surface area contributed by atoms with Crippen LogP contribution in [0.3, 0.4) is 0 Å². The van der Waals surface area contributed by atoms with Gasteiger partial charge < -0.3 is 9.84 Å². The highest BCUT2D eigenvalue weighted by Crippen LogP contribution is 2.43. The van der Waals surface area contributed by atoms with Crippen LogP contribution in [0.1, 0.15) is 17.2 Å². The second-order valence-corrected chi connectivity index (χ2v) is 7.98. The van der Waals surface area contributed by atoms with E-state index in [2.05, 4.69) is 0 Å². The van der Waals surface area contributed by atoms with Gasteiger partial charge in [-0.15, -0.1) is 0 Å². The van der Waals surface area contributed by atoms with E-state index in [-0.39, 0.29) is 32.6 Å². The normalized spacial score (nSPS) is 17.5. The molecule has 1 unspecified atom stereocenters. The molecule has 3 aromatic rings. The number of ether oxygens (including phenoxy) is 1. The second kappa shape index (κ2) is 8.84. The van der Waals surface area contributed by atoms with E-state index in [9.17, 15) is 23.5 Å². The third kappa shape index (κ3) is 4.05. The highest BCUT2D eigenvalue weighted by Gasteiger charge is 2.47. The molecule has 1 heterocycles. The van der Waals surface area contributed by atoms with Crippen molar-refractivity contribution in [2.45, 2.75) is 6.04 Å². The van der Waals surface area contributed by atoms with Crippen molar-refractivity contribution >= 4 is 46.3 Å². The number of amides is 1. The predicted octanol–water partition coefficient (Wildman–Crippen LogP) is 5.91. The molecule has 168 valence electrons. The number of hydrogen-bond acceptors (Lipinski definition) is 4. The van der Waals surface area contributed by atoms with Gasteiger partial charge in [0, 0.05) is 11.3 Å². The number of benzene rings is 3. The number of carbonyl (C=O) groups excluding carboxylic acids is 2. The van der Waals surface area contributed by atoms with Crippen molar-refractivity contribution in [1.82, 2.24) is 0 Å². The van der Waals surface area contributed by atoms with E-state index in [1.165, 1.54) is 55.6 Å². The molecular weight excluding hydrogens is 475 g/mol. The maximum Gasteiger partial charge on any atom is 0.300 e. The molecule has 0 radical (unpaired) electrons. The van der Waals surface area contributed by atoms with Crippen LogP contribution in [0.2, 0.25) is 10.0 Å². The molecule has 1 aliphatic heterocycles. The van der Waals surface area contributed by atoms with E-state index in [4.69, 9.17) is 27.9 Å². The Balaban J connectivity index is 1.95. The number of hydrogen-bond donors (Lipinski definition) is 1. The molecule has 1 aliphatic rings. The van der Waals surface area contributed by atoms with E-state index >= 15 is 0 Å². The van der Waals surface area contributed by atoms with E-state index in [1.54, 1.807) is 0 Å². The van der Waals surface area contributed by atoms with Crippen molar-refractivity contribution in [2.24, 2.45) is 0 Å². The molecule has 1 fully saturated rings. The van der Waals surface area contributed by atoms with Crippen molar-refractivity contribution in [3.63, 3.8) is 0 Å². The van der Waals surface area contributed by atoms with Gasteiger partial charge >= 0.3 is 0 Å². The Hall–Kier alpha value is -3.42. The van der Waals surface area contributed by atoms with Crippen LogP contribution in [-0.2, 0) is 9.59 Å². The molecule has 3 aromatic carbocycles. The van der Waals surface area contributed by atoms with Gasteiger partial charge in [-0.1, -0.05) is 35.3 Å². The Morgan fingerprint density at radius 3 is 1.97 bits per heavy atom. The first kappa shape index (κ1) is 22.8.